The average Bonchev–Trinajstić information content (AvgIpc) is 2.76. The standard InChI is InChI=1S/C14H12N2O2/c1-16-8-4-5-10(16)9-13-14(17)15-11-6-2-3-7-12(11)18-13/h2-9H,1H3,(H,15,17). The van der Waals surface area contributed by atoms with Crippen molar-refractivity contribution in [3.05, 3.63) is 54.0 Å². The molecule has 2 aromatic rings. The fourth-order valence-electron chi connectivity index (χ4n) is 1.86. The summed E-state index contributed by atoms with van der Waals surface area (Å²) in [5.41, 5.74) is 1.62. The van der Waals surface area contributed by atoms with E-state index in [-0.39, 0.29) is 5.91 Å². The number of hydrogen-bond donors (Lipinski definition) is 1. The summed E-state index contributed by atoms with van der Waals surface area (Å²) in [7, 11) is 1.92. The third-order valence-electron chi connectivity index (χ3n) is 2.84. The molecule has 0 spiro atoms. The van der Waals surface area contributed by atoms with Crippen molar-refractivity contribution in [2.75, 3.05) is 5.32 Å². The van der Waals surface area contributed by atoms with Crippen LogP contribution in [-0.2, 0) is 11.8 Å². The van der Waals surface area contributed by atoms with E-state index in [1.807, 2.05) is 54.2 Å². The lowest BCUT2D eigenvalue weighted by Gasteiger charge is -2.19. The van der Waals surface area contributed by atoms with Crippen molar-refractivity contribution in [2.24, 2.45) is 7.05 Å². The number of nitrogens with zero attached hydrogens (tertiary/aromatic N) is 1. The van der Waals surface area contributed by atoms with Gasteiger partial charge in [-0.2, -0.15) is 0 Å². The largest absolute Gasteiger partial charge is 0.449 e. The first-order chi connectivity index (χ1) is 8.74. The highest BCUT2D eigenvalue weighted by Gasteiger charge is 2.21. The number of benzene rings is 1. The second-order valence-electron chi connectivity index (χ2n) is 4.10. The van der Waals surface area contributed by atoms with Gasteiger partial charge in [-0.1, -0.05) is 12.1 Å². The minimum atomic E-state index is -0.227. The molecule has 0 bridgehead atoms. The van der Waals surface area contributed by atoms with Gasteiger partial charge in [-0.05, 0) is 24.3 Å². The monoisotopic (exact) mass is 240 g/mol. The van der Waals surface area contributed by atoms with Gasteiger partial charge < -0.3 is 14.6 Å². The van der Waals surface area contributed by atoms with E-state index in [1.165, 1.54) is 0 Å². The number of anilines is 1. The Bertz CT molecular complexity index is 641. The summed E-state index contributed by atoms with van der Waals surface area (Å²) >= 11 is 0. The lowest BCUT2D eigenvalue weighted by molar-refractivity contribution is -0.115. The number of amides is 1. The number of rotatable bonds is 1. The molecule has 0 atom stereocenters. The van der Waals surface area contributed by atoms with Gasteiger partial charge in [0.25, 0.3) is 5.91 Å². The number of para-hydroxylation sites is 2. The van der Waals surface area contributed by atoms with Gasteiger partial charge in [0.1, 0.15) is 0 Å². The maximum atomic E-state index is 11.9. The van der Waals surface area contributed by atoms with E-state index in [4.69, 9.17) is 4.74 Å². The number of carbonyl (C=O) groups is 1. The summed E-state index contributed by atoms with van der Waals surface area (Å²) in [4.78, 5) is 11.9. The highest BCUT2D eigenvalue weighted by molar-refractivity contribution is 6.08. The van der Waals surface area contributed by atoms with Crippen LogP contribution in [0.4, 0.5) is 5.69 Å². The maximum Gasteiger partial charge on any atom is 0.291 e. The van der Waals surface area contributed by atoms with Gasteiger partial charge in [-0.15, -0.1) is 0 Å². The molecule has 3 rings (SSSR count). The number of ether oxygens (including phenoxy) is 1. The van der Waals surface area contributed by atoms with E-state index in [0.29, 0.717) is 17.2 Å². The zero-order valence-electron chi connectivity index (χ0n) is 9.88. The lowest BCUT2D eigenvalue weighted by Crippen LogP contribution is -2.23. The third kappa shape index (κ3) is 1.78. The number of fused-ring (bicyclic) bond motifs is 1. The number of aromatic nitrogens is 1. The quantitative estimate of drug-likeness (QED) is 0.778. The minimum absolute atomic E-state index is 0.227. The molecule has 1 aromatic carbocycles. The van der Waals surface area contributed by atoms with Crippen LogP contribution in [0.2, 0.25) is 0 Å². The van der Waals surface area contributed by atoms with Crippen LogP contribution in [0.5, 0.6) is 5.75 Å². The Labute approximate surface area is 104 Å². The van der Waals surface area contributed by atoms with E-state index < -0.39 is 0 Å². The molecule has 1 aliphatic rings. The molecule has 0 saturated heterocycles. The molecule has 1 amide bonds. The molecule has 0 fully saturated rings. The topological polar surface area (TPSA) is 43.3 Å². The second kappa shape index (κ2) is 4.07. The molecular formula is C14H12N2O2. The van der Waals surface area contributed by atoms with Crippen LogP contribution in [0.1, 0.15) is 5.69 Å². The summed E-state index contributed by atoms with van der Waals surface area (Å²) in [6.45, 7) is 0. The molecule has 0 radical (unpaired) electrons. The van der Waals surface area contributed by atoms with E-state index in [2.05, 4.69) is 5.32 Å². The molecule has 90 valence electrons. The van der Waals surface area contributed by atoms with Gasteiger partial charge in [0.2, 0.25) is 0 Å². The Morgan fingerprint density at radius 3 is 2.83 bits per heavy atom. The Morgan fingerprint density at radius 2 is 2.06 bits per heavy atom. The predicted molar refractivity (Wildman–Crippen MR) is 69.1 cm³/mol. The van der Waals surface area contributed by atoms with E-state index in [0.717, 1.165) is 5.69 Å². The van der Waals surface area contributed by atoms with Crippen molar-refractivity contribution in [3.63, 3.8) is 0 Å². The molecule has 1 N–H and O–H groups in total. The Morgan fingerprint density at radius 1 is 1.22 bits per heavy atom. The van der Waals surface area contributed by atoms with Crippen LogP contribution in [0.25, 0.3) is 6.08 Å². The number of hydrogen-bond acceptors (Lipinski definition) is 2. The average molecular weight is 240 g/mol. The first-order valence-corrected chi connectivity index (χ1v) is 5.65. The van der Waals surface area contributed by atoms with E-state index >= 15 is 0 Å². The normalized spacial score (nSPS) is 16.1. The predicted octanol–water partition coefficient (Wildman–Crippen LogP) is 2.40. The van der Waals surface area contributed by atoms with Crippen molar-refractivity contribution in [2.45, 2.75) is 0 Å². The van der Waals surface area contributed by atoms with Crippen LogP contribution in [0, 0.1) is 0 Å². The maximum absolute atomic E-state index is 11.9. The molecule has 18 heavy (non-hydrogen) atoms. The van der Waals surface area contributed by atoms with Crippen molar-refractivity contribution in [1.29, 1.82) is 0 Å². The molecule has 1 aliphatic heterocycles. The smallest absolute Gasteiger partial charge is 0.291 e. The van der Waals surface area contributed by atoms with Crippen LogP contribution in [0.15, 0.2) is 48.4 Å². The van der Waals surface area contributed by atoms with Crippen LogP contribution in [-0.4, -0.2) is 10.5 Å². The SMILES string of the molecule is Cn1cccc1C=C1Oc2ccccc2NC1=O. The summed E-state index contributed by atoms with van der Waals surface area (Å²) in [5, 5.41) is 2.80. The number of aryl methyl sites for hydroxylation is 1. The molecule has 1 aromatic heterocycles. The van der Waals surface area contributed by atoms with Crippen molar-refractivity contribution >= 4 is 17.7 Å². The molecular weight excluding hydrogens is 228 g/mol. The molecule has 4 nitrogen and oxygen atoms in total. The fraction of sp³-hybridized carbons (Fsp3) is 0.0714. The molecule has 0 aliphatic carbocycles. The first kappa shape index (κ1) is 10.7. The van der Waals surface area contributed by atoms with Gasteiger partial charge in [0, 0.05) is 25.0 Å². The summed E-state index contributed by atoms with van der Waals surface area (Å²) in [6.07, 6.45) is 3.65. The van der Waals surface area contributed by atoms with Crippen molar-refractivity contribution in [1.82, 2.24) is 4.57 Å². The number of carbonyl (C=O) groups excluding carboxylic acids is 1. The van der Waals surface area contributed by atoms with Gasteiger partial charge in [-0.25, -0.2) is 0 Å². The molecule has 4 heteroatoms. The third-order valence-corrected chi connectivity index (χ3v) is 2.84. The van der Waals surface area contributed by atoms with Crippen LogP contribution >= 0.6 is 0 Å². The molecule has 0 saturated carbocycles. The summed E-state index contributed by atoms with van der Waals surface area (Å²) in [6, 6.07) is 11.2. The summed E-state index contributed by atoms with van der Waals surface area (Å²) in [5.74, 6) is 0.739. The fourth-order valence-corrected chi connectivity index (χ4v) is 1.86. The number of nitrogens with one attached hydrogen (secondary N) is 1. The molecule has 0 unspecified atom stereocenters. The highest BCUT2D eigenvalue weighted by Crippen LogP contribution is 2.30. The van der Waals surface area contributed by atoms with Gasteiger partial charge in [-0.3, -0.25) is 4.79 Å². The van der Waals surface area contributed by atoms with E-state index in [9.17, 15) is 4.79 Å². The zero-order valence-corrected chi connectivity index (χ0v) is 9.88. The van der Waals surface area contributed by atoms with Gasteiger partial charge >= 0.3 is 0 Å². The van der Waals surface area contributed by atoms with Crippen molar-refractivity contribution in [3.8, 4) is 5.75 Å². The Balaban J connectivity index is 1.99. The Kier molecular flexibility index (Phi) is 2.41. The van der Waals surface area contributed by atoms with Crippen molar-refractivity contribution < 1.29 is 9.53 Å². The highest BCUT2D eigenvalue weighted by atomic mass is 16.5. The molecule has 2 heterocycles. The zero-order chi connectivity index (χ0) is 12.5. The van der Waals surface area contributed by atoms with Gasteiger partial charge in [0.15, 0.2) is 11.5 Å². The van der Waals surface area contributed by atoms with Gasteiger partial charge in [0.05, 0.1) is 5.69 Å². The summed E-state index contributed by atoms with van der Waals surface area (Å²) < 4.78 is 7.53. The van der Waals surface area contributed by atoms with E-state index in [1.54, 1.807) is 6.08 Å². The van der Waals surface area contributed by atoms with Crippen LogP contribution < -0.4 is 10.1 Å². The Hall–Kier alpha value is -2.49. The second-order valence-corrected chi connectivity index (χ2v) is 4.10. The van der Waals surface area contributed by atoms with Crippen LogP contribution in [0.3, 0.4) is 0 Å². The minimum Gasteiger partial charge on any atom is -0.449 e. The lowest BCUT2D eigenvalue weighted by atomic mass is 10.2. The first-order valence-electron chi connectivity index (χ1n) is 5.65.